The molecule has 126 valence electrons. The summed E-state index contributed by atoms with van der Waals surface area (Å²) >= 11 is 0. The quantitative estimate of drug-likeness (QED) is 0.891. The topological polar surface area (TPSA) is 92.5 Å². The summed E-state index contributed by atoms with van der Waals surface area (Å²) in [6.07, 6.45) is 3.42. The summed E-state index contributed by atoms with van der Waals surface area (Å²) in [6.45, 7) is 0.876. The van der Waals surface area contributed by atoms with Crippen molar-refractivity contribution < 1.29 is 14.7 Å². The minimum atomic E-state index is -0.948. The normalized spacial score (nSPS) is 17.3. The second-order valence-electron chi connectivity index (χ2n) is 5.95. The number of aromatic nitrogens is 2. The average molecular weight is 329 g/mol. The number of carboxylic acid groups (broad SMARTS) is 1. The predicted molar refractivity (Wildman–Crippen MR) is 87.6 cm³/mol. The van der Waals surface area contributed by atoms with Gasteiger partial charge in [0.25, 0.3) is 5.56 Å². The van der Waals surface area contributed by atoms with E-state index in [0.717, 1.165) is 6.42 Å². The van der Waals surface area contributed by atoms with Crippen LogP contribution in [-0.4, -0.2) is 44.0 Å². The predicted octanol–water partition coefficient (Wildman–Crippen LogP) is 1.25. The van der Waals surface area contributed by atoms with E-state index in [9.17, 15) is 14.4 Å². The molecule has 1 amide bonds. The summed E-state index contributed by atoms with van der Waals surface area (Å²) in [4.78, 5) is 41.4. The van der Waals surface area contributed by atoms with E-state index in [4.69, 9.17) is 5.11 Å². The molecule has 0 bridgehead atoms. The third-order valence-electron chi connectivity index (χ3n) is 4.38. The summed E-state index contributed by atoms with van der Waals surface area (Å²) in [6, 6.07) is 6.42. The SMILES string of the molecule is O=C(O)C1CCCN1C(=O)CCCn1cnc2ccccc2c1=O. The van der Waals surface area contributed by atoms with Crippen molar-refractivity contribution in [3.8, 4) is 0 Å². The van der Waals surface area contributed by atoms with Gasteiger partial charge in [0, 0.05) is 19.5 Å². The molecule has 1 saturated heterocycles. The van der Waals surface area contributed by atoms with E-state index >= 15 is 0 Å². The number of rotatable bonds is 5. The molecule has 7 heteroatoms. The van der Waals surface area contributed by atoms with Crippen LogP contribution in [-0.2, 0) is 16.1 Å². The molecule has 24 heavy (non-hydrogen) atoms. The van der Waals surface area contributed by atoms with Gasteiger partial charge < -0.3 is 10.0 Å². The van der Waals surface area contributed by atoms with Crippen molar-refractivity contribution >= 4 is 22.8 Å². The molecule has 1 aliphatic heterocycles. The van der Waals surface area contributed by atoms with Crippen LogP contribution in [0, 0.1) is 0 Å². The van der Waals surface area contributed by atoms with Crippen LogP contribution in [0.5, 0.6) is 0 Å². The Morgan fingerprint density at radius 2 is 2.08 bits per heavy atom. The smallest absolute Gasteiger partial charge is 0.326 e. The van der Waals surface area contributed by atoms with E-state index in [1.165, 1.54) is 15.8 Å². The Hall–Kier alpha value is -2.70. The maximum Gasteiger partial charge on any atom is 0.326 e. The fourth-order valence-electron chi connectivity index (χ4n) is 3.13. The number of likely N-dealkylation sites (tertiary alicyclic amines) is 1. The van der Waals surface area contributed by atoms with Crippen LogP contribution in [0.25, 0.3) is 10.9 Å². The number of hydrogen-bond donors (Lipinski definition) is 1. The number of para-hydroxylation sites is 1. The molecule has 1 aromatic heterocycles. The minimum Gasteiger partial charge on any atom is -0.480 e. The van der Waals surface area contributed by atoms with Crippen LogP contribution in [0.15, 0.2) is 35.4 Å². The van der Waals surface area contributed by atoms with Crippen LogP contribution in [0.4, 0.5) is 0 Å². The second kappa shape index (κ2) is 6.82. The van der Waals surface area contributed by atoms with Gasteiger partial charge in [-0.05, 0) is 31.4 Å². The Kier molecular flexibility index (Phi) is 4.59. The molecular weight excluding hydrogens is 310 g/mol. The van der Waals surface area contributed by atoms with Crippen molar-refractivity contribution in [1.29, 1.82) is 0 Å². The molecule has 1 N–H and O–H groups in total. The van der Waals surface area contributed by atoms with Gasteiger partial charge in [0.2, 0.25) is 5.91 Å². The maximum absolute atomic E-state index is 12.4. The van der Waals surface area contributed by atoms with Crippen molar-refractivity contribution in [2.75, 3.05) is 6.54 Å². The first-order valence-corrected chi connectivity index (χ1v) is 8.04. The zero-order valence-corrected chi connectivity index (χ0v) is 13.2. The zero-order valence-electron chi connectivity index (χ0n) is 13.2. The van der Waals surface area contributed by atoms with Crippen molar-refractivity contribution in [1.82, 2.24) is 14.5 Å². The van der Waals surface area contributed by atoms with Crippen molar-refractivity contribution in [2.45, 2.75) is 38.3 Å². The van der Waals surface area contributed by atoms with Gasteiger partial charge in [0.15, 0.2) is 0 Å². The molecular formula is C17H19N3O4. The van der Waals surface area contributed by atoms with Gasteiger partial charge >= 0.3 is 5.97 Å². The lowest BCUT2D eigenvalue weighted by Crippen LogP contribution is -2.40. The van der Waals surface area contributed by atoms with Crippen molar-refractivity contribution in [3.63, 3.8) is 0 Å². The lowest BCUT2D eigenvalue weighted by Gasteiger charge is -2.21. The van der Waals surface area contributed by atoms with Gasteiger partial charge in [-0.25, -0.2) is 9.78 Å². The largest absolute Gasteiger partial charge is 0.480 e. The molecule has 1 aliphatic rings. The molecule has 1 unspecified atom stereocenters. The van der Waals surface area contributed by atoms with E-state index in [0.29, 0.717) is 36.8 Å². The van der Waals surface area contributed by atoms with Crippen LogP contribution < -0.4 is 5.56 Å². The molecule has 0 radical (unpaired) electrons. The lowest BCUT2D eigenvalue weighted by molar-refractivity contribution is -0.148. The van der Waals surface area contributed by atoms with Gasteiger partial charge in [-0.15, -0.1) is 0 Å². The Balaban J connectivity index is 1.62. The first-order chi connectivity index (χ1) is 11.6. The first-order valence-electron chi connectivity index (χ1n) is 8.04. The highest BCUT2D eigenvalue weighted by molar-refractivity contribution is 5.84. The van der Waals surface area contributed by atoms with Crippen molar-refractivity contribution in [3.05, 3.63) is 40.9 Å². The Morgan fingerprint density at radius 1 is 1.29 bits per heavy atom. The van der Waals surface area contributed by atoms with Crippen molar-refractivity contribution in [2.24, 2.45) is 0 Å². The molecule has 2 aromatic rings. The van der Waals surface area contributed by atoms with Gasteiger partial charge in [0.05, 0.1) is 17.2 Å². The number of benzene rings is 1. The summed E-state index contributed by atoms with van der Waals surface area (Å²) in [5.74, 6) is -1.11. The summed E-state index contributed by atoms with van der Waals surface area (Å²) < 4.78 is 1.49. The monoisotopic (exact) mass is 329 g/mol. The summed E-state index contributed by atoms with van der Waals surface area (Å²) in [5, 5.41) is 9.68. The Morgan fingerprint density at radius 3 is 2.88 bits per heavy atom. The van der Waals surface area contributed by atoms with Gasteiger partial charge in [-0.1, -0.05) is 12.1 Å². The van der Waals surface area contributed by atoms with Gasteiger partial charge in [-0.2, -0.15) is 0 Å². The highest BCUT2D eigenvalue weighted by Crippen LogP contribution is 2.19. The highest BCUT2D eigenvalue weighted by Gasteiger charge is 2.33. The molecule has 1 fully saturated rings. The first kappa shape index (κ1) is 16.2. The molecule has 2 heterocycles. The number of carboxylic acids is 1. The lowest BCUT2D eigenvalue weighted by atomic mass is 10.2. The minimum absolute atomic E-state index is 0.127. The number of carbonyl (C=O) groups excluding carboxylic acids is 1. The molecule has 7 nitrogen and oxygen atoms in total. The summed E-state index contributed by atoms with van der Waals surface area (Å²) in [7, 11) is 0. The zero-order chi connectivity index (χ0) is 17.1. The van der Waals surface area contributed by atoms with Crippen LogP contribution in [0.1, 0.15) is 25.7 Å². The van der Waals surface area contributed by atoms with E-state index in [2.05, 4.69) is 4.98 Å². The Labute approximate surface area is 138 Å². The molecule has 3 rings (SSSR count). The fraction of sp³-hybridized carbons (Fsp3) is 0.412. The summed E-state index contributed by atoms with van der Waals surface area (Å²) in [5.41, 5.74) is 0.522. The fourth-order valence-corrected chi connectivity index (χ4v) is 3.13. The van der Waals surface area contributed by atoms with E-state index in [1.54, 1.807) is 18.2 Å². The number of carbonyl (C=O) groups is 2. The molecule has 1 aromatic carbocycles. The Bertz CT molecular complexity index is 830. The number of amides is 1. The van der Waals surface area contributed by atoms with Gasteiger partial charge in [0.1, 0.15) is 6.04 Å². The standard InChI is InChI=1S/C17H19N3O4/c21-15(20-10-3-7-14(20)17(23)24)8-4-9-19-11-18-13-6-2-1-5-12(13)16(19)22/h1-2,5-6,11,14H,3-4,7-10H2,(H,23,24). The third-order valence-corrected chi connectivity index (χ3v) is 4.38. The van der Waals surface area contributed by atoms with E-state index < -0.39 is 12.0 Å². The maximum atomic E-state index is 12.4. The van der Waals surface area contributed by atoms with Crippen LogP contribution >= 0.6 is 0 Å². The molecule has 0 aliphatic carbocycles. The van der Waals surface area contributed by atoms with Crippen LogP contribution in [0.2, 0.25) is 0 Å². The molecule has 1 atom stereocenters. The van der Waals surface area contributed by atoms with E-state index in [-0.39, 0.29) is 17.9 Å². The molecule has 0 spiro atoms. The second-order valence-corrected chi connectivity index (χ2v) is 5.95. The van der Waals surface area contributed by atoms with Gasteiger partial charge in [-0.3, -0.25) is 14.2 Å². The number of aryl methyl sites for hydroxylation is 1. The number of aliphatic carboxylic acids is 1. The number of nitrogens with zero attached hydrogens (tertiary/aromatic N) is 3. The third kappa shape index (κ3) is 3.15. The average Bonchev–Trinajstić information content (AvgIpc) is 3.07. The highest BCUT2D eigenvalue weighted by atomic mass is 16.4. The molecule has 0 saturated carbocycles. The van der Waals surface area contributed by atoms with E-state index in [1.807, 2.05) is 6.07 Å². The number of fused-ring (bicyclic) bond motifs is 1. The number of hydrogen-bond acceptors (Lipinski definition) is 4. The van der Waals surface area contributed by atoms with Crippen LogP contribution in [0.3, 0.4) is 0 Å².